The van der Waals surface area contributed by atoms with Gasteiger partial charge in [0.15, 0.2) is 0 Å². The molecule has 4 heteroatoms. The third kappa shape index (κ3) is 2.04. The van der Waals surface area contributed by atoms with Crippen molar-refractivity contribution >= 4 is 5.78 Å². The van der Waals surface area contributed by atoms with Crippen LogP contribution in [0.3, 0.4) is 0 Å². The SMILES string of the molecule is Cc1ccnc(C(=O)c2cncnc2)c1. The molecule has 15 heavy (non-hydrogen) atoms. The topological polar surface area (TPSA) is 55.7 Å². The van der Waals surface area contributed by atoms with Gasteiger partial charge in [0.1, 0.15) is 12.0 Å². The van der Waals surface area contributed by atoms with E-state index in [1.165, 1.54) is 18.7 Å². The molecule has 0 unspecified atom stereocenters. The number of hydrogen-bond acceptors (Lipinski definition) is 4. The van der Waals surface area contributed by atoms with Crippen LogP contribution in [0.4, 0.5) is 0 Å². The Kier molecular flexibility index (Phi) is 2.49. The fourth-order valence-electron chi connectivity index (χ4n) is 1.22. The molecule has 0 radical (unpaired) electrons. The molecule has 0 fully saturated rings. The number of carbonyl (C=O) groups excluding carboxylic acids is 1. The van der Waals surface area contributed by atoms with Gasteiger partial charge in [-0.3, -0.25) is 9.78 Å². The van der Waals surface area contributed by atoms with Gasteiger partial charge in [-0.05, 0) is 24.6 Å². The van der Waals surface area contributed by atoms with Crippen LogP contribution in [-0.2, 0) is 0 Å². The summed E-state index contributed by atoms with van der Waals surface area (Å²) in [5, 5.41) is 0. The summed E-state index contributed by atoms with van der Waals surface area (Å²) in [6.45, 7) is 1.92. The summed E-state index contributed by atoms with van der Waals surface area (Å²) in [5.74, 6) is -0.153. The van der Waals surface area contributed by atoms with Gasteiger partial charge in [0.2, 0.25) is 5.78 Å². The van der Waals surface area contributed by atoms with E-state index in [0.717, 1.165) is 5.56 Å². The predicted octanol–water partition coefficient (Wildman–Crippen LogP) is 1.41. The first-order valence-electron chi connectivity index (χ1n) is 4.50. The van der Waals surface area contributed by atoms with Gasteiger partial charge >= 0.3 is 0 Å². The monoisotopic (exact) mass is 199 g/mol. The van der Waals surface area contributed by atoms with Gasteiger partial charge in [0.25, 0.3) is 0 Å². The Balaban J connectivity index is 2.37. The summed E-state index contributed by atoms with van der Waals surface area (Å²) in [7, 11) is 0. The van der Waals surface area contributed by atoms with E-state index in [-0.39, 0.29) is 5.78 Å². The van der Waals surface area contributed by atoms with Crippen LogP contribution in [0.2, 0.25) is 0 Å². The highest BCUT2D eigenvalue weighted by molar-refractivity contribution is 6.07. The second-order valence-electron chi connectivity index (χ2n) is 3.17. The molecule has 2 aromatic rings. The van der Waals surface area contributed by atoms with E-state index in [4.69, 9.17) is 0 Å². The Morgan fingerprint density at radius 2 is 2.00 bits per heavy atom. The number of aryl methyl sites for hydroxylation is 1. The summed E-state index contributed by atoms with van der Waals surface area (Å²) in [6, 6.07) is 3.59. The van der Waals surface area contributed by atoms with Crippen molar-refractivity contribution in [1.82, 2.24) is 15.0 Å². The minimum Gasteiger partial charge on any atom is -0.287 e. The maximum atomic E-state index is 11.9. The Bertz CT molecular complexity index is 482. The Labute approximate surface area is 87.0 Å². The van der Waals surface area contributed by atoms with E-state index in [1.54, 1.807) is 12.3 Å². The van der Waals surface area contributed by atoms with Gasteiger partial charge in [0, 0.05) is 18.6 Å². The van der Waals surface area contributed by atoms with E-state index in [0.29, 0.717) is 11.3 Å². The van der Waals surface area contributed by atoms with E-state index >= 15 is 0 Å². The predicted molar refractivity (Wildman–Crippen MR) is 54.4 cm³/mol. The van der Waals surface area contributed by atoms with Crippen LogP contribution >= 0.6 is 0 Å². The van der Waals surface area contributed by atoms with E-state index in [1.807, 2.05) is 13.0 Å². The number of aromatic nitrogens is 3. The smallest absolute Gasteiger partial charge is 0.214 e. The van der Waals surface area contributed by atoms with Crippen molar-refractivity contribution in [2.75, 3.05) is 0 Å². The van der Waals surface area contributed by atoms with Gasteiger partial charge in [-0.2, -0.15) is 0 Å². The molecule has 2 heterocycles. The minimum atomic E-state index is -0.153. The molecule has 0 aliphatic heterocycles. The second-order valence-corrected chi connectivity index (χ2v) is 3.17. The van der Waals surface area contributed by atoms with Crippen molar-refractivity contribution in [1.29, 1.82) is 0 Å². The lowest BCUT2D eigenvalue weighted by atomic mass is 10.1. The van der Waals surface area contributed by atoms with Crippen molar-refractivity contribution in [2.24, 2.45) is 0 Å². The highest BCUT2D eigenvalue weighted by atomic mass is 16.1. The molecule has 0 saturated carbocycles. The molecule has 0 spiro atoms. The molecule has 0 amide bonds. The molecule has 4 nitrogen and oxygen atoms in total. The fourth-order valence-corrected chi connectivity index (χ4v) is 1.22. The standard InChI is InChI=1S/C11H9N3O/c1-8-2-3-14-10(4-8)11(15)9-5-12-7-13-6-9/h2-7H,1H3. The zero-order chi connectivity index (χ0) is 10.7. The van der Waals surface area contributed by atoms with Gasteiger partial charge in [-0.25, -0.2) is 9.97 Å². The number of carbonyl (C=O) groups is 1. The van der Waals surface area contributed by atoms with Crippen molar-refractivity contribution in [3.05, 3.63) is 53.9 Å². The highest BCUT2D eigenvalue weighted by Crippen LogP contribution is 2.06. The maximum absolute atomic E-state index is 11.9. The number of ketones is 1. The highest BCUT2D eigenvalue weighted by Gasteiger charge is 2.10. The van der Waals surface area contributed by atoms with Crippen molar-refractivity contribution in [3.8, 4) is 0 Å². The Morgan fingerprint density at radius 1 is 1.27 bits per heavy atom. The molecule has 2 rings (SSSR count). The zero-order valence-corrected chi connectivity index (χ0v) is 8.21. The van der Waals surface area contributed by atoms with Crippen LogP contribution in [0.1, 0.15) is 21.6 Å². The third-order valence-corrected chi connectivity index (χ3v) is 1.97. The molecule has 2 aromatic heterocycles. The van der Waals surface area contributed by atoms with Crippen LogP contribution in [-0.4, -0.2) is 20.7 Å². The normalized spacial score (nSPS) is 9.93. The maximum Gasteiger partial charge on any atom is 0.214 e. The lowest BCUT2D eigenvalue weighted by molar-refractivity contribution is 0.103. The minimum absolute atomic E-state index is 0.153. The molecular weight excluding hydrogens is 190 g/mol. The molecule has 0 atom stereocenters. The summed E-state index contributed by atoms with van der Waals surface area (Å²) in [4.78, 5) is 23.5. The molecule has 0 saturated heterocycles. The number of hydrogen-bond donors (Lipinski definition) is 0. The second kappa shape index (κ2) is 3.96. The first-order chi connectivity index (χ1) is 7.27. The summed E-state index contributed by atoms with van der Waals surface area (Å²) < 4.78 is 0. The largest absolute Gasteiger partial charge is 0.287 e. The number of pyridine rings is 1. The quantitative estimate of drug-likeness (QED) is 0.686. The Hall–Kier alpha value is -2.10. The first-order valence-corrected chi connectivity index (χ1v) is 4.50. The van der Waals surface area contributed by atoms with Crippen LogP contribution < -0.4 is 0 Å². The van der Waals surface area contributed by atoms with Gasteiger partial charge < -0.3 is 0 Å². The summed E-state index contributed by atoms with van der Waals surface area (Å²) >= 11 is 0. The van der Waals surface area contributed by atoms with Gasteiger partial charge in [0.05, 0.1) is 5.56 Å². The molecule has 0 bridgehead atoms. The molecule has 0 aromatic carbocycles. The zero-order valence-electron chi connectivity index (χ0n) is 8.21. The number of rotatable bonds is 2. The average Bonchev–Trinajstić information content (AvgIpc) is 2.29. The summed E-state index contributed by atoms with van der Waals surface area (Å²) in [5.41, 5.74) is 1.88. The van der Waals surface area contributed by atoms with Gasteiger partial charge in [-0.1, -0.05) is 0 Å². The fraction of sp³-hybridized carbons (Fsp3) is 0.0909. The van der Waals surface area contributed by atoms with Crippen LogP contribution in [0.5, 0.6) is 0 Å². The third-order valence-electron chi connectivity index (χ3n) is 1.97. The average molecular weight is 199 g/mol. The molecular formula is C11H9N3O. The van der Waals surface area contributed by atoms with Gasteiger partial charge in [-0.15, -0.1) is 0 Å². The van der Waals surface area contributed by atoms with Crippen LogP contribution in [0.25, 0.3) is 0 Å². The molecule has 74 valence electrons. The molecule has 0 aliphatic carbocycles. The lowest BCUT2D eigenvalue weighted by Crippen LogP contribution is -2.04. The lowest BCUT2D eigenvalue weighted by Gasteiger charge is -1.99. The van der Waals surface area contributed by atoms with Crippen molar-refractivity contribution < 1.29 is 4.79 Å². The summed E-state index contributed by atoms with van der Waals surface area (Å²) in [6.07, 6.45) is 5.98. The van der Waals surface area contributed by atoms with E-state index < -0.39 is 0 Å². The van der Waals surface area contributed by atoms with Crippen molar-refractivity contribution in [3.63, 3.8) is 0 Å². The van der Waals surface area contributed by atoms with Crippen molar-refractivity contribution in [2.45, 2.75) is 6.92 Å². The first kappa shape index (κ1) is 9.45. The Morgan fingerprint density at radius 3 is 2.67 bits per heavy atom. The van der Waals surface area contributed by atoms with E-state index in [9.17, 15) is 4.79 Å². The number of nitrogens with zero attached hydrogens (tertiary/aromatic N) is 3. The van der Waals surface area contributed by atoms with E-state index in [2.05, 4.69) is 15.0 Å². The van der Waals surface area contributed by atoms with Crippen LogP contribution in [0.15, 0.2) is 37.1 Å². The molecule has 0 N–H and O–H groups in total. The molecule has 0 aliphatic rings. The van der Waals surface area contributed by atoms with Crippen LogP contribution in [0, 0.1) is 6.92 Å².